The molecule has 0 radical (unpaired) electrons. The third-order valence-corrected chi connectivity index (χ3v) is 4.81. The molecular weight excluding hydrogens is 397 g/mol. The van der Waals surface area contributed by atoms with E-state index in [0.717, 1.165) is 12.3 Å². The van der Waals surface area contributed by atoms with Gasteiger partial charge in [0, 0.05) is 5.56 Å². The molecule has 0 fully saturated rings. The average molecular weight is 416 g/mol. The number of methoxy groups -OCH3 is 1. The first-order valence-corrected chi connectivity index (χ1v) is 9.02. The van der Waals surface area contributed by atoms with Crippen LogP contribution in [0.25, 0.3) is 16.9 Å². The minimum atomic E-state index is -4.71. The third-order valence-electron chi connectivity index (χ3n) is 4.81. The molecule has 0 unspecified atom stereocenters. The molecule has 0 aliphatic carbocycles. The van der Waals surface area contributed by atoms with Crippen LogP contribution in [0.5, 0.6) is 5.75 Å². The number of benzene rings is 1. The fourth-order valence-electron chi connectivity index (χ4n) is 2.78. The van der Waals surface area contributed by atoms with Crippen LogP contribution >= 0.6 is 0 Å². The molecule has 1 N–H and O–H groups in total. The van der Waals surface area contributed by atoms with Gasteiger partial charge in [0.1, 0.15) is 11.3 Å². The highest BCUT2D eigenvalue weighted by Gasteiger charge is 2.36. The minimum Gasteiger partial charge on any atom is -0.497 e. The summed E-state index contributed by atoms with van der Waals surface area (Å²) in [5.41, 5.74) is -1.85. The number of carbonyl (C=O) groups is 1. The summed E-state index contributed by atoms with van der Waals surface area (Å²) in [5.74, 6) is 2.38. The van der Waals surface area contributed by atoms with Gasteiger partial charge in [-0.3, -0.25) is 4.79 Å². The largest absolute Gasteiger partial charge is 0.497 e. The van der Waals surface area contributed by atoms with Crippen LogP contribution in [0, 0.1) is 12.3 Å². The van der Waals surface area contributed by atoms with Crippen LogP contribution in [0.4, 0.5) is 13.2 Å². The van der Waals surface area contributed by atoms with E-state index in [0.29, 0.717) is 22.2 Å². The maximum atomic E-state index is 13.7. The summed E-state index contributed by atoms with van der Waals surface area (Å²) in [6, 6.07) is 7.28. The van der Waals surface area contributed by atoms with Crippen molar-refractivity contribution in [1.29, 1.82) is 0 Å². The predicted octanol–water partition coefficient (Wildman–Crippen LogP) is 3.96. The first-order valence-electron chi connectivity index (χ1n) is 9.02. The molecule has 2 aromatic heterocycles. The molecule has 9 heteroatoms. The van der Waals surface area contributed by atoms with Crippen LogP contribution < -0.4 is 10.1 Å². The number of nitrogens with zero attached hydrogens (tertiary/aromatic N) is 3. The normalized spacial score (nSPS) is 13.5. The maximum Gasteiger partial charge on any atom is 0.433 e. The Balaban J connectivity index is 2.17. The predicted molar refractivity (Wildman–Crippen MR) is 105 cm³/mol. The number of nitrogens with one attached hydrogen (secondary N) is 1. The van der Waals surface area contributed by atoms with E-state index in [4.69, 9.17) is 11.2 Å². The van der Waals surface area contributed by atoms with Gasteiger partial charge in [0.25, 0.3) is 5.91 Å². The van der Waals surface area contributed by atoms with E-state index in [1.54, 1.807) is 38.1 Å². The Morgan fingerprint density at radius 2 is 1.97 bits per heavy atom. The number of aromatic nitrogens is 3. The SMILES string of the molecule is C#C[C@@](C)(CC)NC(=O)c1cnn2c(C(F)(F)F)cc(-c3ccc(OC)cc3)nc12. The molecule has 1 aromatic carbocycles. The number of fused-ring (bicyclic) bond motifs is 1. The van der Waals surface area contributed by atoms with Crippen molar-refractivity contribution in [2.24, 2.45) is 0 Å². The van der Waals surface area contributed by atoms with E-state index < -0.39 is 23.3 Å². The molecule has 0 aliphatic heterocycles. The number of alkyl halides is 3. The van der Waals surface area contributed by atoms with Gasteiger partial charge >= 0.3 is 6.18 Å². The van der Waals surface area contributed by atoms with Crippen molar-refractivity contribution in [2.75, 3.05) is 7.11 Å². The number of rotatable bonds is 5. The smallest absolute Gasteiger partial charge is 0.433 e. The molecule has 156 valence electrons. The van der Waals surface area contributed by atoms with Crippen LogP contribution in [-0.2, 0) is 6.18 Å². The summed E-state index contributed by atoms with van der Waals surface area (Å²) < 4.78 is 46.7. The number of terminal acetylenes is 1. The Morgan fingerprint density at radius 1 is 1.30 bits per heavy atom. The lowest BCUT2D eigenvalue weighted by molar-refractivity contribution is -0.142. The van der Waals surface area contributed by atoms with E-state index in [1.165, 1.54) is 7.11 Å². The lowest BCUT2D eigenvalue weighted by Crippen LogP contribution is -2.44. The van der Waals surface area contributed by atoms with Crippen LogP contribution in [0.15, 0.2) is 36.5 Å². The van der Waals surface area contributed by atoms with Gasteiger partial charge in [0.2, 0.25) is 0 Å². The van der Waals surface area contributed by atoms with E-state index in [9.17, 15) is 18.0 Å². The number of amides is 1. The van der Waals surface area contributed by atoms with E-state index in [1.807, 2.05) is 0 Å². The molecule has 0 bridgehead atoms. The van der Waals surface area contributed by atoms with Crippen molar-refractivity contribution in [2.45, 2.75) is 32.0 Å². The number of hydrogen-bond acceptors (Lipinski definition) is 4. The van der Waals surface area contributed by atoms with Gasteiger partial charge in [-0.15, -0.1) is 6.42 Å². The monoisotopic (exact) mass is 416 g/mol. The zero-order valence-electron chi connectivity index (χ0n) is 16.5. The summed E-state index contributed by atoms with van der Waals surface area (Å²) in [4.78, 5) is 17.0. The van der Waals surface area contributed by atoms with Gasteiger partial charge in [-0.1, -0.05) is 12.8 Å². The molecule has 6 nitrogen and oxygen atoms in total. The van der Waals surface area contributed by atoms with Crippen LogP contribution in [0.1, 0.15) is 36.3 Å². The summed E-state index contributed by atoms with van der Waals surface area (Å²) in [6.07, 6.45) is 2.26. The Bertz CT molecular complexity index is 1130. The quantitative estimate of drug-likeness (QED) is 0.640. The molecule has 30 heavy (non-hydrogen) atoms. The van der Waals surface area contributed by atoms with Gasteiger partial charge in [-0.05, 0) is 43.7 Å². The topological polar surface area (TPSA) is 68.5 Å². The number of halogens is 3. The average Bonchev–Trinajstić information content (AvgIpc) is 3.16. The highest BCUT2D eigenvalue weighted by Crippen LogP contribution is 2.33. The Hall–Kier alpha value is -3.54. The molecule has 1 amide bonds. The first kappa shape index (κ1) is 21.2. The lowest BCUT2D eigenvalue weighted by Gasteiger charge is -2.23. The summed E-state index contributed by atoms with van der Waals surface area (Å²) in [6.45, 7) is 3.44. The molecule has 0 aliphatic rings. The van der Waals surface area contributed by atoms with Gasteiger partial charge in [-0.25, -0.2) is 9.50 Å². The van der Waals surface area contributed by atoms with Gasteiger partial charge in [0.15, 0.2) is 11.3 Å². The Kier molecular flexibility index (Phi) is 5.44. The molecular formula is C21H19F3N4O2. The second kappa shape index (κ2) is 7.71. The molecule has 3 aromatic rings. The number of ether oxygens (including phenoxy) is 1. The van der Waals surface area contributed by atoms with Gasteiger partial charge in [0.05, 0.1) is 24.5 Å². The molecule has 0 saturated heterocycles. The van der Waals surface area contributed by atoms with Crippen molar-refractivity contribution in [3.63, 3.8) is 0 Å². The van der Waals surface area contributed by atoms with Crippen LogP contribution in [0.3, 0.4) is 0 Å². The van der Waals surface area contributed by atoms with Gasteiger partial charge in [-0.2, -0.15) is 18.3 Å². The highest BCUT2D eigenvalue weighted by atomic mass is 19.4. The second-order valence-corrected chi connectivity index (χ2v) is 6.83. The van der Waals surface area contributed by atoms with Crippen molar-refractivity contribution >= 4 is 11.6 Å². The van der Waals surface area contributed by atoms with Gasteiger partial charge < -0.3 is 10.1 Å². The molecule has 0 saturated carbocycles. The lowest BCUT2D eigenvalue weighted by atomic mass is 10.00. The Morgan fingerprint density at radius 3 is 2.50 bits per heavy atom. The van der Waals surface area contributed by atoms with Crippen molar-refractivity contribution in [3.05, 3.63) is 47.8 Å². The van der Waals surface area contributed by atoms with E-state index in [-0.39, 0.29) is 16.9 Å². The molecule has 2 heterocycles. The fourth-order valence-corrected chi connectivity index (χ4v) is 2.78. The summed E-state index contributed by atoms with van der Waals surface area (Å²) in [7, 11) is 1.48. The van der Waals surface area contributed by atoms with E-state index >= 15 is 0 Å². The first-order chi connectivity index (χ1) is 14.1. The van der Waals surface area contributed by atoms with E-state index in [2.05, 4.69) is 21.3 Å². The highest BCUT2D eigenvalue weighted by molar-refractivity contribution is 6.00. The molecule has 3 rings (SSSR count). The number of carbonyl (C=O) groups excluding carboxylic acids is 1. The Labute approximate surface area is 171 Å². The fraction of sp³-hybridized carbons (Fsp3) is 0.286. The second-order valence-electron chi connectivity index (χ2n) is 6.83. The number of hydrogen-bond donors (Lipinski definition) is 1. The van der Waals surface area contributed by atoms with Crippen molar-refractivity contribution < 1.29 is 22.7 Å². The zero-order valence-corrected chi connectivity index (χ0v) is 16.5. The third kappa shape index (κ3) is 3.94. The van der Waals surface area contributed by atoms with Crippen molar-refractivity contribution in [1.82, 2.24) is 19.9 Å². The van der Waals surface area contributed by atoms with Crippen LogP contribution in [0.2, 0.25) is 0 Å². The van der Waals surface area contributed by atoms with Crippen LogP contribution in [-0.4, -0.2) is 33.2 Å². The standard InChI is InChI=1S/C21H19F3N4O2/c1-5-20(3,6-2)27-19(29)15-12-25-28-17(21(22,23)24)11-16(26-18(15)28)13-7-9-14(30-4)10-8-13/h1,7-12H,6H2,2-4H3,(H,27,29)/t20-/m0/s1. The summed E-state index contributed by atoms with van der Waals surface area (Å²) >= 11 is 0. The zero-order chi connectivity index (χ0) is 22.1. The molecule has 0 spiro atoms. The summed E-state index contributed by atoms with van der Waals surface area (Å²) in [5, 5.41) is 6.41. The maximum absolute atomic E-state index is 13.7. The minimum absolute atomic E-state index is 0.0437. The molecule has 1 atom stereocenters. The van der Waals surface area contributed by atoms with Crippen molar-refractivity contribution in [3.8, 4) is 29.4 Å².